The Morgan fingerprint density at radius 1 is 1.15 bits per heavy atom. The number of phenols is 1. The van der Waals surface area contributed by atoms with Crippen molar-refractivity contribution in [2.45, 2.75) is 52.6 Å². The van der Waals surface area contributed by atoms with E-state index in [4.69, 9.17) is 5.26 Å². The molecule has 2 amide bonds. The van der Waals surface area contributed by atoms with Crippen molar-refractivity contribution >= 4 is 28.4 Å². The highest BCUT2D eigenvalue weighted by molar-refractivity contribution is 6.07. The Labute approximate surface area is 193 Å². The monoisotopic (exact) mass is 447 g/mol. The first-order chi connectivity index (χ1) is 15.7. The Balaban J connectivity index is 1.83. The molecule has 8 heteroatoms. The quantitative estimate of drug-likeness (QED) is 0.447. The first-order valence-electron chi connectivity index (χ1n) is 10.9. The molecule has 1 atom stereocenters. The summed E-state index contributed by atoms with van der Waals surface area (Å²) in [4.78, 5) is 26.3. The van der Waals surface area contributed by atoms with Crippen molar-refractivity contribution in [2.24, 2.45) is 5.41 Å². The molecule has 0 unspecified atom stereocenters. The number of aromatic nitrogens is 2. The third kappa shape index (κ3) is 5.89. The summed E-state index contributed by atoms with van der Waals surface area (Å²) in [7, 11) is 0. The molecule has 33 heavy (non-hydrogen) atoms. The van der Waals surface area contributed by atoms with Crippen molar-refractivity contribution in [2.75, 3.05) is 5.32 Å². The minimum Gasteiger partial charge on any atom is -0.508 e. The molecule has 0 bridgehead atoms. The molecule has 0 spiro atoms. The largest absolute Gasteiger partial charge is 0.508 e. The van der Waals surface area contributed by atoms with Crippen LogP contribution in [0.5, 0.6) is 5.75 Å². The van der Waals surface area contributed by atoms with Crippen molar-refractivity contribution in [3.05, 3.63) is 54.2 Å². The second kappa shape index (κ2) is 10.2. The second-order valence-corrected chi connectivity index (χ2v) is 9.02. The fourth-order valence-electron chi connectivity index (χ4n) is 3.60. The van der Waals surface area contributed by atoms with Crippen LogP contribution in [0.2, 0.25) is 0 Å². The van der Waals surface area contributed by atoms with Crippen LogP contribution in [0, 0.1) is 16.7 Å². The predicted octanol–water partition coefficient (Wildman–Crippen LogP) is 4.22. The zero-order valence-corrected chi connectivity index (χ0v) is 19.1. The molecule has 1 heterocycles. The maximum Gasteiger partial charge on any atom is 0.273 e. The van der Waals surface area contributed by atoms with Gasteiger partial charge in [-0.15, -0.1) is 0 Å². The molecule has 3 N–H and O–H groups in total. The van der Waals surface area contributed by atoms with Crippen molar-refractivity contribution < 1.29 is 14.7 Å². The average molecular weight is 448 g/mol. The fourth-order valence-corrected chi connectivity index (χ4v) is 3.60. The predicted molar refractivity (Wildman–Crippen MR) is 127 cm³/mol. The minimum atomic E-state index is -0.841. The van der Waals surface area contributed by atoms with Crippen LogP contribution in [0.25, 0.3) is 10.9 Å². The lowest BCUT2D eigenvalue weighted by Gasteiger charge is -2.30. The SMILES string of the molecule is CC(C)(C)[C@H](NC(=O)c1nn(CCCCC#N)c2ccccc12)C(=O)Nc1cccc(O)c1. The van der Waals surface area contributed by atoms with Crippen LogP contribution in [0.1, 0.15) is 50.5 Å². The van der Waals surface area contributed by atoms with E-state index in [1.807, 2.05) is 45.0 Å². The summed E-state index contributed by atoms with van der Waals surface area (Å²) >= 11 is 0. The van der Waals surface area contributed by atoms with Gasteiger partial charge in [0.05, 0.1) is 11.6 Å². The van der Waals surface area contributed by atoms with Gasteiger partial charge in [0.1, 0.15) is 11.8 Å². The third-order valence-corrected chi connectivity index (χ3v) is 5.30. The number of para-hydroxylation sites is 1. The Morgan fingerprint density at radius 3 is 2.61 bits per heavy atom. The molecule has 0 saturated carbocycles. The Morgan fingerprint density at radius 2 is 1.91 bits per heavy atom. The standard InChI is InChI=1S/C25H29N5O3/c1-25(2,3)22(24(33)27-17-10-9-11-18(31)16-17)28-23(32)21-19-12-5-6-13-20(19)30(29-21)15-8-4-7-14-26/h5-6,9-13,16,22,31H,4,7-8,15H2,1-3H3,(H,27,33)(H,28,32)/t22-/m1/s1. The highest BCUT2D eigenvalue weighted by Gasteiger charge is 2.34. The van der Waals surface area contributed by atoms with Gasteiger partial charge in [-0.3, -0.25) is 14.3 Å². The van der Waals surface area contributed by atoms with Gasteiger partial charge in [0.15, 0.2) is 5.69 Å². The molecule has 172 valence electrons. The molecule has 0 aliphatic carbocycles. The number of hydrogen-bond acceptors (Lipinski definition) is 5. The Bertz CT molecular complexity index is 1190. The van der Waals surface area contributed by atoms with E-state index in [-0.39, 0.29) is 17.4 Å². The van der Waals surface area contributed by atoms with E-state index in [0.717, 1.165) is 18.4 Å². The molecular formula is C25H29N5O3. The van der Waals surface area contributed by atoms with Gasteiger partial charge in [-0.2, -0.15) is 10.4 Å². The normalized spacial score (nSPS) is 12.2. The number of aromatic hydroxyl groups is 1. The fraction of sp³-hybridized carbons (Fsp3) is 0.360. The number of unbranched alkanes of at least 4 members (excludes halogenated alkanes) is 2. The van der Waals surface area contributed by atoms with Crippen LogP contribution < -0.4 is 10.6 Å². The number of nitrogens with zero attached hydrogens (tertiary/aromatic N) is 3. The van der Waals surface area contributed by atoms with Gasteiger partial charge in [-0.1, -0.05) is 45.0 Å². The number of nitriles is 1. The summed E-state index contributed by atoms with van der Waals surface area (Å²) in [5.41, 5.74) is 0.948. The summed E-state index contributed by atoms with van der Waals surface area (Å²) in [6.07, 6.45) is 2.01. The van der Waals surface area contributed by atoms with Gasteiger partial charge in [-0.25, -0.2) is 0 Å². The molecule has 8 nitrogen and oxygen atoms in total. The first kappa shape index (κ1) is 23.8. The molecule has 2 aromatic carbocycles. The molecule has 0 aliphatic rings. The number of benzene rings is 2. The number of anilines is 1. The van der Waals surface area contributed by atoms with Gasteiger partial charge in [0, 0.05) is 30.1 Å². The van der Waals surface area contributed by atoms with Crippen molar-refractivity contribution in [3.63, 3.8) is 0 Å². The van der Waals surface area contributed by atoms with Gasteiger partial charge in [0.25, 0.3) is 5.91 Å². The lowest BCUT2D eigenvalue weighted by atomic mass is 9.86. The average Bonchev–Trinajstić information content (AvgIpc) is 3.13. The van der Waals surface area contributed by atoms with Crippen molar-refractivity contribution in [1.82, 2.24) is 15.1 Å². The summed E-state index contributed by atoms with van der Waals surface area (Å²) in [5, 5.41) is 29.3. The third-order valence-electron chi connectivity index (χ3n) is 5.30. The minimum absolute atomic E-state index is 0.0379. The number of hydrogen-bond donors (Lipinski definition) is 3. The lowest BCUT2D eigenvalue weighted by molar-refractivity contribution is -0.120. The van der Waals surface area contributed by atoms with Crippen molar-refractivity contribution in [1.29, 1.82) is 5.26 Å². The highest BCUT2D eigenvalue weighted by atomic mass is 16.3. The van der Waals surface area contributed by atoms with Gasteiger partial charge in [0.2, 0.25) is 5.91 Å². The van der Waals surface area contributed by atoms with E-state index < -0.39 is 17.4 Å². The maximum atomic E-state index is 13.3. The summed E-state index contributed by atoms with van der Waals surface area (Å²) in [6.45, 7) is 6.19. The van der Waals surface area contributed by atoms with Crippen LogP contribution in [0.3, 0.4) is 0 Å². The number of amides is 2. The lowest BCUT2D eigenvalue weighted by Crippen LogP contribution is -2.51. The van der Waals surface area contributed by atoms with Crippen LogP contribution >= 0.6 is 0 Å². The summed E-state index contributed by atoms with van der Waals surface area (Å²) in [5.74, 6) is -0.787. The Kier molecular flexibility index (Phi) is 7.34. The molecule has 0 fully saturated rings. The molecular weight excluding hydrogens is 418 g/mol. The summed E-state index contributed by atoms with van der Waals surface area (Å²) in [6, 6.07) is 15.0. The summed E-state index contributed by atoms with van der Waals surface area (Å²) < 4.78 is 1.78. The number of nitrogens with one attached hydrogen (secondary N) is 2. The maximum absolute atomic E-state index is 13.3. The number of carbonyl (C=O) groups excluding carboxylic acids is 2. The van der Waals surface area contributed by atoms with E-state index >= 15 is 0 Å². The van der Waals surface area contributed by atoms with Crippen LogP contribution in [0.4, 0.5) is 5.69 Å². The number of phenolic OH excluding ortho intramolecular Hbond substituents is 1. The number of carbonyl (C=O) groups is 2. The van der Waals surface area contributed by atoms with Gasteiger partial charge in [-0.05, 0) is 36.5 Å². The number of rotatable bonds is 8. The zero-order chi connectivity index (χ0) is 24.0. The van der Waals surface area contributed by atoms with Crippen LogP contribution in [-0.4, -0.2) is 32.7 Å². The Hall–Kier alpha value is -3.86. The first-order valence-corrected chi connectivity index (χ1v) is 10.9. The number of aryl methyl sites for hydroxylation is 1. The molecule has 1 aromatic heterocycles. The topological polar surface area (TPSA) is 120 Å². The van der Waals surface area contributed by atoms with Crippen LogP contribution in [0.15, 0.2) is 48.5 Å². The van der Waals surface area contributed by atoms with Gasteiger partial charge >= 0.3 is 0 Å². The molecule has 3 rings (SSSR count). The van der Waals surface area contributed by atoms with E-state index in [2.05, 4.69) is 21.8 Å². The van der Waals surface area contributed by atoms with E-state index in [9.17, 15) is 14.7 Å². The van der Waals surface area contributed by atoms with Crippen molar-refractivity contribution in [3.8, 4) is 11.8 Å². The van der Waals surface area contributed by atoms with Gasteiger partial charge < -0.3 is 15.7 Å². The van der Waals surface area contributed by atoms with E-state index in [1.165, 1.54) is 12.1 Å². The van der Waals surface area contributed by atoms with E-state index in [0.29, 0.717) is 24.0 Å². The second-order valence-electron chi connectivity index (χ2n) is 9.02. The molecule has 3 aromatic rings. The highest BCUT2D eigenvalue weighted by Crippen LogP contribution is 2.24. The number of fused-ring (bicyclic) bond motifs is 1. The van der Waals surface area contributed by atoms with Crippen LogP contribution in [-0.2, 0) is 11.3 Å². The zero-order valence-electron chi connectivity index (χ0n) is 19.1. The smallest absolute Gasteiger partial charge is 0.273 e. The molecule has 0 aliphatic heterocycles. The van der Waals surface area contributed by atoms with E-state index in [1.54, 1.807) is 16.8 Å². The molecule has 0 saturated heterocycles. The molecule has 0 radical (unpaired) electrons.